The number of rotatable bonds is 8. The Balaban J connectivity index is 1.48. The predicted molar refractivity (Wildman–Crippen MR) is 139 cm³/mol. The van der Waals surface area contributed by atoms with E-state index in [0.717, 1.165) is 11.1 Å². The average molecular weight is 509 g/mol. The second-order valence-electron chi connectivity index (χ2n) is 7.73. The fourth-order valence-electron chi connectivity index (χ4n) is 3.08. The van der Waals surface area contributed by atoms with Crippen LogP contribution in [0.4, 0.5) is 11.4 Å². The maximum Gasteiger partial charge on any atom is 0.329 e. The summed E-state index contributed by atoms with van der Waals surface area (Å²) in [6.45, 7) is 3.67. The van der Waals surface area contributed by atoms with Crippen molar-refractivity contribution in [2.24, 2.45) is 5.10 Å². The summed E-state index contributed by atoms with van der Waals surface area (Å²) in [5, 5.41) is 9.27. The molecule has 3 amide bonds. The van der Waals surface area contributed by atoms with E-state index in [9.17, 15) is 14.4 Å². The molecule has 0 aromatic heterocycles. The standard InChI is InChI=1S/C26H25ClN4O5/c1-16-4-10-22(17(2)12-16)30-24(32)15-36-23-11-5-18(13-21(23)27)14-28-31-26(34)25(33)29-19-6-8-20(35-3)9-7-19/h4-14H,15H2,1-3H3,(H,29,33)(H,30,32)(H,31,34)/b28-14-. The molecular weight excluding hydrogens is 484 g/mol. The molecule has 0 fully saturated rings. The molecule has 0 saturated carbocycles. The number of halogens is 1. The van der Waals surface area contributed by atoms with Gasteiger partial charge in [-0.1, -0.05) is 29.3 Å². The Morgan fingerprint density at radius 1 is 0.944 bits per heavy atom. The number of hydrogen-bond donors (Lipinski definition) is 3. The number of carbonyl (C=O) groups excluding carboxylic acids is 3. The summed E-state index contributed by atoms with van der Waals surface area (Å²) >= 11 is 6.24. The normalized spacial score (nSPS) is 10.6. The summed E-state index contributed by atoms with van der Waals surface area (Å²) in [5.74, 6) is -1.20. The summed E-state index contributed by atoms with van der Waals surface area (Å²) < 4.78 is 10.6. The first-order valence-electron chi connectivity index (χ1n) is 10.8. The third-order valence-electron chi connectivity index (χ3n) is 4.90. The van der Waals surface area contributed by atoms with Crippen molar-refractivity contribution in [1.29, 1.82) is 0 Å². The van der Waals surface area contributed by atoms with Crippen LogP contribution < -0.4 is 25.5 Å². The number of ether oxygens (including phenoxy) is 2. The van der Waals surface area contributed by atoms with E-state index in [1.54, 1.807) is 42.5 Å². The zero-order valence-electron chi connectivity index (χ0n) is 19.9. The highest BCUT2D eigenvalue weighted by atomic mass is 35.5. The van der Waals surface area contributed by atoms with Gasteiger partial charge in [0.2, 0.25) is 0 Å². The van der Waals surface area contributed by atoms with Crippen LogP contribution in [0.25, 0.3) is 0 Å². The first-order valence-corrected chi connectivity index (χ1v) is 11.2. The summed E-state index contributed by atoms with van der Waals surface area (Å²) in [4.78, 5) is 36.2. The van der Waals surface area contributed by atoms with Gasteiger partial charge in [0.15, 0.2) is 6.61 Å². The second kappa shape index (κ2) is 12.4. The van der Waals surface area contributed by atoms with Crippen LogP contribution in [0.3, 0.4) is 0 Å². The summed E-state index contributed by atoms with van der Waals surface area (Å²) in [6, 6.07) is 17.0. The molecule has 3 aromatic rings. The van der Waals surface area contributed by atoms with Gasteiger partial charge in [-0.2, -0.15) is 5.10 Å². The number of hydrazone groups is 1. The highest BCUT2D eigenvalue weighted by molar-refractivity contribution is 6.39. The Kier molecular flexibility index (Phi) is 9.01. The molecule has 3 aromatic carbocycles. The summed E-state index contributed by atoms with van der Waals surface area (Å²) in [6.07, 6.45) is 1.32. The van der Waals surface area contributed by atoms with E-state index >= 15 is 0 Å². The number of methoxy groups -OCH3 is 1. The van der Waals surface area contributed by atoms with Gasteiger partial charge in [0.1, 0.15) is 11.5 Å². The van der Waals surface area contributed by atoms with Crippen LogP contribution in [0.5, 0.6) is 11.5 Å². The fourth-order valence-corrected chi connectivity index (χ4v) is 3.32. The van der Waals surface area contributed by atoms with Crippen molar-refractivity contribution in [3.8, 4) is 11.5 Å². The number of hydrogen-bond acceptors (Lipinski definition) is 6. The molecule has 0 saturated heterocycles. The van der Waals surface area contributed by atoms with Crippen molar-refractivity contribution in [1.82, 2.24) is 5.43 Å². The second-order valence-corrected chi connectivity index (χ2v) is 8.13. The SMILES string of the molecule is COc1ccc(NC(=O)C(=O)N/N=C\c2ccc(OCC(=O)Nc3ccc(C)cc3C)c(Cl)c2)cc1. The van der Waals surface area contributed by atoms with Gasteiger partial charge in [-0.25, -0.2) is 5.43 Å². The van der Waals surface area contributed by atoms with Crippen LogP contribution in [-0.2, 0) is 14.4 Å². The van der Waals surface area contributed by atoms with E-state index in [2.05, 4.69) is 21.2 Å². The molecule has 10 heteroatoms. The Hall–Kier alpha value is -4.37. The Morgan fingerprint density at radius 3 is 2.36 bits per heavy atom. The molecule has 0 aliphatic heterocycles. The molecule has 0 spiro atoms. The van der Waals surface area contributed by atoms with Crippen LogP contribution in [0.1, 0.15) is 16.7 Å². The van der Waals surface area contributed by atoms with Gasteiger partial charge in [-0.3, -0.25) is 14.4 Å². The summed E-state index contributed by atoms with van der Waals surface area (Å²) in [5.41, 5.74) is 5.90. The zero-order chi connectivity index (χ0) is 26.1. The Morgan fingerprint density at radius 2 is 1.69 bits per heavy atom. The van der Waals surface area contributed by atoms with E-state index in [0.29, 0.717) is 28.4 Å². The maximum absolute atomic E-state index is 12.2. The zero-order valence-corrected chi connectivity index (χ0v) is 20.7. The highest BCUT2D eigenvalue weighted by Crippen LogP contribution is 2.25. The van der Waals surface area contributed by atoms with Gasteiger partial charge >= 0.3 is 11.8 Å². The molecule has 0 unspecified atom stereocenters. The van der Waals surface area contributed by atoms with Crippen LogP contribution >= 0.6 is 11.6 Å². The molecule has 0 aliphatic carbocycles. The van der Waals surface area contributed by atoms with Crippen LogP contribution in [0.15, 0.2) is 65.8 Å². The molecule has 9 nitrogen and oxygen atoms in total. The monoisotopic (exact) mass is 508 g/mol. The van der Waals surface area contributed by atoms with E-state index in [-0.39, 0.29) is 17.5 Å². The van der Waals surface area contributed by atoms with Crippen molar-refractivity contribution in [3.63, 3.8) is 0 Å². The van der Waals surface area contributed by atoms with Gasteiger partial charge in [0.05, 0.1) is 18.3 Å². The molecule has 0 aliphatic rings. The molecule has 36 heavy (non-hydrogen) atoms. The lowest BCUT2D eigenvalue weighted by Crippen LogP contribution is -2.32. The molecule has 3 N–H and O–H groups in total. The van der Waals surface area contributed by atoms with E-state index in [1.807, 2.05) is 32.0 Å². The quantitative estimate of drug-likeness (QED) is 0.241. The van der Waals surface area contributed by atoms with Gasteiger partial charge in [-0.15, -0.1) is 0 Å². The number of aryl methyl sites for hydroxylation is 2. The molecule has 186 valence electrons. The smallest absolute Gasteiger partial charge is 0.329 e. The van der Waals surface area contributed by atoms with Crippen LogP contribution in [0, 0.1) is 13.8 Å². The number of anilines is 2. The maximum atomic E-state index is 12.2. The third-order valence-corrected chi connectivity index (χ3v) is 5.20. The van der Waals surface area contributed by atoms with Crippen LogP contribution in [-0.4, -0.2) is 37.7 Å². The molecule has 0 heterocycles. The third kappa shape index (κ3) is 7.57. The minimum absolute atomic E-state index is 0.222. The summed E-state index contributed by atoms with van der Waals surface area (Å²) in [7, 11) is 1.53. The average Bonchev–Trinajstić information content (AvgIpc) is 2.85. The van der Waals surface area contributed by atoms with Crippen molar-refractivity contribution in [3.05, 3.63) is 82.4 Å². The largest absolute Gasteiger partial charge is 0.497 e. The van der Waals surface area contributed by atoms with Crippen molar-refractivity contribution in [2.45, 2.75) is 13.8 Å². The molecule has 3 rings (SSSR count). The first kappa shape index (κ1) is 26.2. The topological polar surface area (TPSA) is 118 Å². The lowest BCUT2D eigenvalue weighted by atomic mass is 10.1. The minimum Gasteiger partial charge on any atom is -0.497 e. The number of nitrogens with zero attached hydrogens (tertiary/aromatic N) is 1. The van der Waals surface area contributed by atoms with Gasteiger partial charge in [-0.05, 0) is 73.5 Å². The minimum atomic E-state index is -0.942. The lowest BCUT2D eigenvalue weighted by molar-refractivity contribution is -0.136. The van der Waals surface area contributed by atoms with Gasteiger partial charge in [0, 0.05) is 11.4 Å². The fraction of sp³-hybridized carbons (Fsp3) is 0.154. The molecule has 0 bridgehead atoms. The molecule has 0 atom stereocenters. The van der Waals surface area contributed by atoms with E-state index < -0.39 is 11.8 Å². The van der Waals surface area contributed by atoms with Crippen molar-refractivity contribution >= 4 is 46.9 Å². The van der Waals surface area contributed by atoms with Crippen molar-refractivity contribution in [2.75, 3.05) is 24.4 Å². The van der Waals surface area contributed by atoms with Gasteiger partial charge < -0.3 is 20.1 Å². The van der Waals surface area contributed by atoms with Crippen molar-refractivity contribution < 1.29 is 23.9 Å². The van der Waals surface area contributed by atoms with Gasteiger partial charge in [0.25, 0.3) is 5.91 Å². The number of nitrogens with one attached hydrogen (secondary N) is 3. The molecular formula is C26H25ClN4O5. The highest BCUT2D eigenvalue weighted by Gasteiger charge is 2.13. The first-order chi connectivity index (χ1) is 17.2. The Bertz CT molecular complexity index is 1290. The molecule has 0 radical (unpaired) electrons. The lowest BCUT2D eigenvalue weighted by Gasteiger charge is -2.11. The number of carbonyl (C=O) groups is 3. The van der Waals surface area contributed by atoms with E-state index in [1.165, 1.54) is 13.3 Å². The Labute approximate surface area is 213 Å². The number of benzene rings is 3. The van der Waals surface area contributed by atoms with E-state index in [4.69, 9.17) is 21.1 Å². The number of amides is 3. The predicted octanol–water partition coefficient (Wildman–Crippen LogP) is 4.07. The van der Waals surface area contributed by atoms with Crippen LogP contribution in [0.2, 0.25) is 5.02 Å².